The van der Waals surface area contributed by atoms with Gasteiger partial charge in [-0.3, -0.25) is 4.79 Å². The summed E-state index contributed by atoms with van der Waals surface area (Å²) in [5.41, 5.74) is 7.23. The molecule has 0 saturated heterocycles. The molecule has 4 heterocycles. The second kappa shape index (κ2) is 43.4. The van der Waals surface area contributed by atoms with Crippen LogP contribution in [0.1, 0.15) is 135 Å². The summed E-state index contributed by atoms with van der Waals surface area (Å²) < 4.78 is 189. The third-order valence-corrected chi connectivity index (χ3v) is 25.6. The van der Waals surface area contributed by atoms with Crippen LogP contribution < -0.4 is 37.9 Å². The van der Waals surface area contributed by atoms with Gasteiger partial charge in [-0.25, -0.2) is 28.8 Å². The molecule has 0 saturated carbocycles. The van der Waals surface area contributed by atoms with Gasteiger partial charge in [-0.15, -0.1) is 0 Å². The first-order valence-electron chi connectivity index (χ1n) is 38.3. The quantitative estimate of drug-likeness (QED) is 0.00677. The zero-order valence-corrected chi connectivity index (χ0v) is 75.7. The van der Waals surface area contributed by atoms with Crippen LogP contribution in [-0.4, -0.2) is 179 Å². The zero-order valence-electron chi connectivity index (χ0n) is 71.7. The third kappa shape index (κ3) is 27.6. The van der Waals surface area contributed by atoms with Gasteiger partial charge in [0.15, 0.2) is 0 Å². The van der Waals surface area contributed by atoms with E-state index >= 15 is 0 Å². The smallest absolute Gasteiger partial charge is 0.461 e. The highest BCUT2D eigenvalue weighted by Crippen LogP contribution is 2.48. The van der Waals surface area contributed by atoms with E-state index in [0.717, 1.165) is 89.0 Å². The number of allylic oxidation sites excluding steroid dienone is 2. The molecule has 658 valence electrons. The predicted molar refractivity (Wildman–Crippen MR) is 433 cm³/mol. The first-order valence-corrected chi connectivity index (χ1v) is 53.2. The molecule has 4 aromatic carbocycles. The lowest BCUT2D eigenvalue weighted by Crippen LogP contribution is -2.32. The summed E-state index contributed by atoms with van der Waals surface area (Å²) in [6, 6.07) is 3.61. The number of hydrogen-bond donors (Lipinski definition) is 1. The van der Waals surface area contributed by atoms with Crippen LogP contribution in [0.5, 0.6) is 46.0 Å². The maximum atomic E-state index is 13.5. The number of Topliss-reactive ketones (excluding diaryl/α,β-unsaturated/α-hetero) is 1. The molecule has 0 aromatic heterocycles. The second-order valence-corrected chi connectivity index (χ2v) is 55.0. The van der Waals surface area contributed by atoms with Gasteiger partial charge in [0.05, 0.1) is 80.3 Å². The standard InChI is InChI=1S/C22H29F3O6Si.C20H27F3O5Si.C18H28O4Si.C17H24O5Si.C5H5F3O3/c1-7-29-20(26)16(22(23,24)25)9-8-14-18(28-3)13(2)15-12-31-21(27)17(15)19(14)30-10-11-32(4,5)6;1-12-15-11-28-19(25)16(15)18(27-8-9-29(3,4)5)14(17(12)26-2)7-6-13(10-24)20(21,22)23;1-7-8-13-16(20-3)12(2)14-11-22-18(19)15(14)17(13)21-9-10-23(4,5)6;1-11-13-10-22-17(19)14(13)16(21-8-9-23(3,4)5)12(6-7-18)15(11)20-2;1-2-11-4(10)3(9)5(6,7)8/h9H,7-8,10-12H2,1-6H3;6,24H,7-11H2,1-5H3;7-11H2,1-6H3;7H,6,8-10H2,1-5H3;2H2,1H3/b16-9-;13-6-;;;. The van der Waals surface area contributed by atoms with Crippen molar-refractivity contribution in [2.24, 2.45) is 0 Å². The number of esters is 6. The van der Waals surface area contributed by atoms with Crippen LogP contribution in [0, 0.1) is 27.7 Å². The minimum absolute atomic E-state index is 0.0352. The van der Waals surface area contributed by atoms with Crippen LogP contribution >= 0.6 is 0 Å². The lowest BCUT2D eigenvalue weighted by Gasteiger charge is -2.21. The minimum atomic E-state index is -5.13. The molecule has 4 aromatic rings. The summed E-state index contributed by atoms with van der Waals surface area (Å²) in [6.07, 6.45) is -10.9. The number of ketones is 1. The monoisotopic (exact) mass is 1750 g/mol. The summed E-state index contributed by atoms with van der Waals surface area (Å²) in [7, 11) is 0.670. The van der Waals surface area contributed by atoms with E-state index in [4.69, 9.17) is 61.9 Å². The van der Waals surface area contributed by atoms with Gasteiger partial charge in [0.2, 0.25) is 0 Å². The zero-order chi connectivity index (χ0) is 89.7. The fourth-order valence-electron chi connectivity index (χ4n) is 12.4. The molecular weight excluding hydrogens is 1640 g/mol. The Kier molecular flexibility index (Phi) is 37.3. The number of alkyl halides is 9. The van der Waals surface area contributed by atoms with Crippen LogP contribution in [0.2, 0.25) is 103 Å². The highest BCUT2D eigenvalue weighted by atomic mass is 28.3. The molecule has 0 amide bonds. The van der Waals surface area contributed by atoms with E-state index in [1.54, 1.807) is 28.1 Å². The summed E-state index contributed by atoms with van der Waals surface area (Å²) in [5.74, 6) is -4.01. The van der Waals surface area contributed by atoms with Gasteiger partial charge < -0.3 is 76.2 Å². The van der Waals surface area contributed by atoms with Crippen LogP contribution in [-0.2, 0) is 99.7 Å². The number of cyclic esters (lactones) is 4. The molecule has 0 bridgehead atoms. The van der Waals surface area contributed by atoms with Crippen molar-refractivity contribution < 1.29 is 149 Å². The normalized spacial score (nSPS) is 13.8. The van der Waals surface area contributed by atoms with Crippen molar-refractivity contribution in [3.63, 3.8) is 0 Å². The molecule has 0 fully saturated rings. The number of aliphatic hydroxyl groups is 1. The number of fused-ring (bicyclic) bond motifs is 4. The molecule has 0 atom stereocenters. The van der Waals surface area contributed by atoms with Gasteiger partial charge in [0.1, 0.15) is 107 Å². The molecule has 0 radical (unpaired) electrons. The molecule has 8 rings (SSSR count). The van der Waals surface area contributed by atoms with Gasteiger partial charge in [0.25, 0.3) is 0 Å². The van der Waals surface area contributed by atoms with E-state index in [0.29, 0.717) is 106 Å². The number of hydrogen-bond acceptors (Lipinski definition) is 23. The van der Waals surface area contributed by atoms with E-state index in [-0.39, 0.29) is 92.4 Å². The summed E-state index contributed by atoms with van der Waals surface area (Å²) >= 11 is 0. The molecule has 0 spiro atoms. The van der Waals surface area contributed by atoms with E-state index in [9.17, 15) is 77.9 Å². The van der Waals surface area contributed by atoms with Crippen LogP contribution in [0.25, 0.3) is 0 Å². The Labute approximate surface area is 687 Å². The van der Waals surface area contributed by atoms with Crippen molar-refractivity contribution in [1.82, 2.24) is 0 Å². The van der Waals surface area contributed by atoms with Crippen molar-refractivity contribution in [2.45, 2.75) is 228 Å². The van der Waals surface area contributed by atoms with E-state index < -0.39 is 98.2 Å². The van der Waals surface area contributed by atoms with Crippen LogP contribution in [0.3, 0.4) is 0 Å². The van der Waals surface area contributed by atoms with Gasteiger partial charge >= 0.3 is 60.1 Å². The van der Waals surface area contributed by atoms with E-state index in [1.165, 1.54) is 28.1 Å². The fourth-order valence-corrected chi connectivity index (χ4v) is 15.3. The average molecular weight is 1750 g/mol. The minimum Gasteiger partial charge on any atom is -0.496 e. The number of aliphatic hydroxyl groups excluding tert-OH is 1. The lowest BCUT2D eigenvalue weighted by atomic mass is 9.94. The van der Waals surface area contributed by atoms with Crippen LogP contribution in [0.15, 0.2) is 23.3 Å². The van der Waals surface area contributed by atoms with Crippen molar-refractivity contribution in [2.75, 3.05) is 74.7 Å². The van der Waals surface area contributed by atoms with Gasteiger partial charge in [0, 0.05) is 83.2 Å². The number of halogens is 9. The average Bonchev–Trinajstić information content (AvgIpc) is 1.33. The largest absolute Gasteiger partial charge is 0.496 e. The first-order chi connectivity index (χ1) is 54.7. The van der Waals surface area contributed by atoms with E-state index in [2.05, 4.69) is 95.0 Å². The Morgan fingerprint density at radius 2 is 0.686 bits per heavy atom. The predicted octanol–water partition coefficient (Wildman–Crippen LogP) is 17.6. The second-order valence-electron chi connectivity index (χ2n) is 32.5. The molecule has 1 N–H and O–H groups in total. The molecule has 4 aliphatic heterocycles. The summed E-state index contributed by atoms with van der Waals surface area (Å²) in [5, 5.41) is 9.10. The molecular formula is C82H113F9O23Si4. The molecule has 0 aliphatic carbocycles. The first kappa shape index (κ1) is 101. The number of carbonyl (C=O) groups excluding carboxylic acids is 8. The molecule has 4 aliphatic rings. The van der Waals surface area contributed by atoms with Crippen LogP contribution in [0.4, 0.5) is 39.5 Å². The highest BCUT2D eigenvalue weighted by Gasteiger charge is 2.46. The fraction of sp³-hybridized carbons (Fsp3) is 0.561. The third-order valence-electron chi connectivity index (χ3n) is 18.8. The van der Waals surface area contributed by atoms with Crippen molar-refractivity contribution in [1.29, 1.82) is 0 Å². The molecule has 23 nitrogen and oxygen atoms in total. The number of benzene rings is 4. The summed E-state index contributed by atoms with van der Waals surface area (Å²) in [6.45, 7) is 39.7. The number of ether oxygens (including phenoxy) is 14. The SMILES string of the molecule is CCCc1c(OC)c(C)c2c(c1OCC[Si](C)(C)C)C(=O)OC2.CCOC(=O)/C(=C/Cc1c(OC)c(C)c2c(c1OCC[Si](C)(C)C)C(=O)OC2)C(F)(F)F.CCOC(=O)C(=O)C(F)(F)F.COc1c(C)c2c(c(OCC[Si](C)(C)C)c1C/C=C(/CO)C(F)(F)F)C(=O)OC2.COc1c(C)c2c(c(OCC[Si](C)(C)C)c1CC=O)C(=O)OC2. The molecule has 36 heteroatoms. The molecule has 0 unspecified atom stereocenters. The maximum Gasteiger partial charge on any atom is 0.461 e. The van der Waals surface area contributed by atoms with Crippen molar-refractivity contribution >= 4 is 80.2 Å². The number of rotatable bonds is 33. The van der Waals surface area contributed by atoms with E-state index in [1.807, 2.05) is 13.8 Å². The number of methoxy groups -OCH3 is 4. The Morgan fingerprint density at radius 1 is 0.407 bits per heavy atom. The Morgan fingerprint density at radius 3 is 0.932 bits per heavy atom. The Hall–Kier alpha value is -8.88. The van der Waals surface area contributed by atoms with Gasteiger partial charge in [-0.1, -0.05) is 104 Å². The van der Waals surface area contributed by atoms with Crippen molar-refractivity contribution in [3.8, 4) is 46.0 Å². The lowest BCUT2D eigenvalue weighted by molar-refractivity contribution is -0.183. The van der Waals surface area contributed by atoms with Gasteiger partial charge in [-0.05, 0) is 107 Å². The highest BCUT2D eigenvalue weighted by molar-refractivity contribution is 6.77. The van der Waals surface area contributed by atoms with Gasteiger partial charge in [-0.2, -0.15) is 39.5 Å². The number of carbonyl (C=O) groups is 8. The number of aldehydes is 1. The Balaban J connectivity index is 0.000000319. The van der Waals surface area contributed by atoms with Crippen molar-refractivity contribution in [3.05, 3.63) is 112 Å². The Bertz CT molecular complexity index is 4350. The topological polar surface area (TPSA) is 286 Å². The maximum absolute atomic E-state index is 13.5. The summed E-state index contributed by atoms with van der Waals surface area (Å²) in [4.78, 5) is 92.2. The molecule has 118 heavy (non-hydrogen) atoms.